The molecule has 0 fully saturated rings. The van der Waals surface area contributed by atoms with Crippen molar-refractivity contribution >= 4 is 37.3 Å². The van der Waals surface area contributed by atoms with Crippen molar-refractivity contribution in [1.82, 2.24) is 0 Å². The van der Waals surface area contributed by atoms with Gasteiger partial charge in [-0.3, -0.25) is 14.8 Å². The molecule has 110 valence electrons. The Labute approximate surface area is 128 Å². The third-order valence-corrected chi connectivity index (χ3v) is 4.59. The van der Waals surface area contributed by atoms with Crippen LogP contribution in [0.1, 0.15) is 0 Å². The number of nitro benzene ring substituents is 1. The van der Waals surface area contributed by atoms with Crippen LogP contribution >= 0.6 is 15.9 Å². The molecule has 0 unspecified atom stereocenters. The van der Waals surface area contributed by atoms with Crippen molar-refractivity contribution in [3.8, 4) is 5.75 Å². The summed E-state index contributed by atoms with van der Waals surface area (Å²) in [5, 5.41) is 19.8. The Morgan fingerprint density at radius 2 is 1.76 bits per heavy atom. The second-order valence-corrected chi connectivity index (χ2v) is 6.56. The minimum atomic E-state index is -3.85. The molecule has 0 heterocycles. The fraction of sp³-hybridized carbons (Fsp3) is 0. The second kappa shape index (κ2) is 5.70. The van der Waals surface area contributed by atoms with E-state index < -0.39 is 14.9 Å². The Morgan fingerprint density at radius 1 is 1.14 bits per heavy atom. The number of hydrogen-bond donors (Lipinski definition) is 2. The zero-order valence-corrected chi connectivity index (χ0v) is 12.8. The summed E-state index contributed by atoms with van der Waals surface area (Å²) < 4.78 is 26.8. The third kappa shape index (κ3) is 3.50. The molecule has 2 rings (SSSR count). The lowest BCUT2D eigenvalue weighted by Gasteiger charge is -2.09. The van der Waals surface area contributed by atoms with Crippen molar-refractivity contribution in [2.24, 2.45) is 0 Å². The Hall–Kier alpha value is -2.13. The SMILES string of the molecule is O=[N+]([O-])c1ccc(NS(=O)(=O)c2ccc(O)cc2)c(Br)c1. The van der Waals surface area contributed by atoms with Crippen molar-refractivity contribution < 1.29 is 18.4 Å². The highest BCUT2D eigenvalue weighted by atomic mass is 79.9. The normalized spacial score (nSPS) is 11.1. The average molecular weight is 373 g/mol. The van der Waals surface area contributed by atoms with Gasteiger partial charge in [0, 0.05) is 16.6 Å². The standard InChI is InChI=1S/C12H9BrN2O5S/c13-11-7-8(15(17)18)1-6-12(11)14-21(19,20)10-4-2-9(16)3-5-10/h1-7,14,16H. The number of phenolic OH excluding ortho intramolecular Hbond substituents is 1. The minimum Gasteiger partial charge on any atom is -0.508 e. The zero-order chi connectivity index (χ0) is 15.6. The maximum atomic E-state index is 12.1. The highest BCUT2D eigenvalue weighted by Crippen LogP contribution is 2.29. The molecule has 0 aliphatic carbocycles. The summed E-state index contributed by atoms with van der Waals surface area (Å²) in [6.07, 6.45) is 0. The van der Waals surface area contributed by atoms with E-state index in [9.17, 15) is 18.5 Å². The molecule has 0 saturated heterocycles. The van der Waals surface area contributed by atoms with Gasteiger partial charge in [0.1, 0.15) is 5.75 Å². The molecule has 0 aliphatic rings. The lowest BCUT2D eigenvalue weighted by molar-refractivity contribution is -0.384. The number of non-ortho nitro benzene ring substituents is 1. The maximum absolute atomic E-state index is 12.1. The number of nitrogens with one attached hydrogen (secondary N) is 1. The van der Waals surface area contributed by atoms with E-state index in [4.69, 9.17) is 5.11 Å². The molecule has 0 radical (unpaired) electrons. The van der Waals surface area contributed by atoms with Gasteiger partial charge in [-0.2, -0.15) is 0 Å². The number of rotatable bonds is 4. The summed E-state index contributed by atoms with van der Waals surface area (Å²) in [6, 6.07) is 8.68. The Bertz CT molecular complexity index is 790. The Kier molecular flexibility index (Phi) is 4.14. The molecular weight excluding hydrogens is 364 g/mol. The van der Waals surface area contributed by atoms with E-state index in [-0.39, 0.29) is 26.5 Å². The van der Waals surface area contributed by atoms with Crippen molar-refractivity contribution in [1.29, 1.82) is 0 Å². The number of benzene rings is 2. The molecule has 2 aromatic carbocycles. The van der Waals surface area contributed by atoms with Crippen LogP contribution < -0.4 is 4.72 Å². The lowest BCUT2D eigenvalue weighted by Crippen LogP contribution is -2.13. The Balaban J connectivity index is 2.32. The summed E-state index contributed by atoms with van der Waals surface area (Å²) >= 11 is 3.08. The summed E-state index contributed by atoms with van der Waals surface area (Å²) in [6.45, 7) is 0. The average Bonchev–Trinajstić information content (AvgIpc) is 2.41. The summed E-state index contributed by atoms with van der Waals surface area (Å²) in [4.78, 5) is 10.0. The van der Waals surface area contributed by atoms with Gasteiger partial charge in [-0.15, -0.1) is 0 Å². The number of sulfonamides is 1. The van der Waals surface area contributed by atoms with E-state index in [1.54, 1.807) is 0 Å². The van der Waals surface area contributed by atoms with E-state index in [0.29, 0.717) is 0 Å². The largest absolute Gasteiger partial charge is 0.508 e. The molecule has 0 spiro atoms. The van der Waals surface area contributed by atoms with Crippen LogP contribution in [-0.2, 0) is 10.0 Å². The van der Waals surface area contributed by atoms with Gasteiger partial charge in [-0.1, -0.05) is 0 Å². The molecule has 7 nitrogen and oxygen atoms in total. The molecule has 0 aromatic heterocycles. The van der Waals surface area contributed by atoms with Crippen molar-refractivity contribution in [3.63, 3.8) is 0 Å². The molecule has 0 saturated carbocycles. The molecule has 21 heavy (non-hydrogen) atoms. The van der Waals surface area contributed by atoms with Gasteiger partial charge in [-0.25, -0.2) is 8.42 Å². The van der Waals surface area contributed by atoms with Gasteiger partial charge >= 0.3 is 0 Å². The topological polar surface area (TPSA) is 110 Å². The van der Waals surface area contributed by atoms with Crippen LogP contribution in [-0.4, -0.2) is 18.4 Å². The maximum Gasteiger partial charge on any atom is 0.270 e. The van der Waals surface area contributed by atoms with E-state index in [0.717, 1.165) is 0 Å². The van der Waals surface area contributed by atoms with E-state index >= 15 is 0 Å². The molecule has 0 amide bonds. The van der Waals surface area contributed by atoms with Crippen LogP contribution in [0.5, 0.6) is 5.75 Å². The highest BCUT2D eigenvalue weighted by Gasteiger charge is 2.17. The van der Waals surface area contributed by atoms with Crippen LogP contribution in [0, 0.1) is 10.1 Å². The first-order chi connectivity index (χ1) is 9.79. The smallest absolute Gasteiger partial charge is 0.270 e. The first-order valence-electron chi connectivity index (χ1n) is 5.55. The molecule has 0 bridgehead atoms. The van der Waals surface area contributed by atoms with Gasteiger partial charge in [0.2, 0.25) is 0 Å². The first-order valence-corrected chi connectivity index (χ1v) is 7.83. The van der Waals surface area contributed by atoms with Gasteiger partial charge < -0.3 is 5.11 Å². The predicted octanol–water partition coefficient (Wildman–Crippen LogP) is 2.86. The third-order valence-electron chi connectivity index (χ3n) is 2.55. The second-order valence-electron chi connectivity index (χ2n) is 4.02. The fourth-order valence-corrected chi connectivity index (χ4v) is 3.21. The lowest BCUT2D eigenvalue weighted by atomic mass is 10.3. The Morgan fingerprint density at radius 3 is 2.29 bits per heavy atom. The van der Waals surface area contributed by atoms with Gasteiger partial charge in [-0.05, 0) is 46.3 Å². The van der Waals surface area contributed by atoms with E-state index in [1.165, 1.54) is 42.5 Å². The van der Waals surface area contributed by atoms with Gasteiger partial charge in [0.15, 0.2) is 0 Å². The number of anilines is 1. The monoisotopic (exact) mass is 372 g/mol. The number of aromatic hydroxyl groups is 1. The van der Waals surface area contributed by atoms with Crippen molar-refractivity contribution in [2.75, 3.05) is 4.72 Å². The van der Waals surface area contributed by atoms with Gasteiger partial charge in [0.25, 0.3) is 15.7 Å². The number of hydrogen-bond acceptors (Lipinski definition) is 5. The minimum absolute atomic E-state index is 0.0365. The quantitative estimate of drug-likeness (QED) is 0.633. The molecule has 2 aromatic rings. The summed E-state index contributed by atoms with van der Waals surface area (Å²) in [5.74, 6) is -0.0505. The molecule has 9 heteroatoms. The molecular formula is C12H9BrN2O5S. The van der Waals surface area contributed by atoms with Crippen LogP contribution in [0.4, 0.5) is 11.4 Å². The molecule has 0 aliphatic heterocycles. The van der Waals surface area contributed by atoms with Crippen LogP contribution in [0.3, 0.4) is 0 Å². The highest BCUT2D eigenvalue weighted by molar-refractivity contribution is 9.10. The molecule has 2 N–H and O–H groups in total. The number of phenols is 1. The van der Waals surface area contributed by atoms with Crippen molar-refractivity contribution in [2.45, 2.75) is 4.90 Å². The summed E-state index contributed by atoms with van der Waals surface area (Å²) in [5.41, 5.74) is 0.0168. The number of nitro groups is 1. The number of nitrogens with zero attached hydrogens (tertiary/aromatic N) is 1. The first kappa shape index (κ1) is 15.3. The number of halogens is 1. The van der Waals surface area contributed by atoms with Crippen molar-refractivity contribution in [3.05, 3.63) is 57.1 Å². The zero-order valence-electron chi connectivity index (χ0n) is 10.4. The van der Waals surface area contributed by atoms with Crippen LogP contribution in [0.2, 0.25) is 0 Å². The molecule has 0 atom stereocenters. The van der Waals surface area contributed by atoms with E-state index in [1.807, 2.05) is 0 Å². The van der Waals surface area contributed by atoms with Gasteiger partial charge in [0.05, 0.1) is 15.5 Å². The fourth-order valence-electron chi connectivity index (χ4n) is 1.53. The van der Waals surface area contributed by atoms with Crippen LogP contribution in [0.25, 0.3) is 0 Å². The summed E-state index contributed by atoms with van der Waals surface area (Å²) in [7, 11) is -3.85. The predicted molar refractivity (Wildman–Crippen MR) is 79.7 cm³/mol. The van der Waals surface area contributed by atoms with Crippen LogP contribution in [0.15, 0.2) is 51.8 Å². The van der Waals surface area contributed by atoms with E-state index in [2.05, 4.69) is 20.7 Å².